The van der Waals surface area contributed by atoms with Crippen LogP contribution in [0.3, 0.4) is 0 Å². The summed E-state index contributed by atoms with van der Waals surface area (Å²) in [6.45, 7) is 1.91. The van der Waals surface area contributed by atoms with E-state index in [0.717, 1.165) is 16.4 Å². The molecule has 7 heteroatoms. The molecule has 1 unspecified atom stereocenters. The minimum atomic E-state index is -0.413. The highest BCUT2D eigenvalue weighted by Gasteiger charge is 2.34. The van der Waals surface area contributed by atoms with Crippen LogP contribution in [-0.2, 0) is 16.1 Å². The highest BCUT2D eigenvalue weighted by Crippen LogP contribution is 2.40. The number of nitrogens with two attached hydrogens (primary N) is 1. The molecular weight excluding hydrogens is 268 g/mol. The molecule has 3 rings (SSSR count). The number of hydrogen-bond acceptors (Lipinski definition) is 5. The van der Waals surface area contributed by atoms with E-state index >= 15 is 0 Å². The number of primary amides is 1. The van der Waals surface area contributed by atoms with E-state index in [1.165, 1.54) is 11.3 Å². The van der Waals surface area contributed by atoms with Gasteiger partial charge in [-0.2, -0.15) is 0 Å². The van der Waals surface area contributed by atoms with Crippen molar-refractivity contribution in [2.75, 3.05) is 19.8 Å². The van der Waals surface area contributed by atoms with Crippen molar-refractivity contribution in [3.05, 3.63) is 10.3 Å². The molecule has 0 aliphatic carbocycles. The van der Waals surface area contributed by atoms with Gasteiger partial charge < -0.3 is 20.1 Å². The molecule has 0 radical (unpaired) electrons. The molecule has 3 heterocycles. The van der Waals surface area contributed by atoms with E-state index in [4.69, 9.17) is 15.2 Å². The van der Waals surface area contributed by atoms with Gasteiger partial charge in [0.15, 0.2) is 11.5 Å². The van der Waals surface area contributed by atoms with Gasteiger partial charge in [0.05, 0.1) is 17.3 Å². The first-order valence-corrected chi connectivity index (χ1v) is 6.96. The summed E-state index contributed by atoms with van der Waals surface area (Å²) in [6.07, 6.45) is 0.209. The standard InChI is InChI=1S/C12H14N2O4S/c13-12(16)7-3-10(15)14(4-7)5-9-11-8(6-19-9)17-1-2-18-11/h6-7H,1-5H2,(H2,13,16). The van der Waals surface area contributed by atoms with Gasteiger partial charge >= 0.3 is 0 Å². The van der Waals surface area contributed by atoms with Crippen LogP contribution in [-0.4, -0.2) is 36.5 Å². The van der Waals surface area contributed by atoms with Crippen LogP contribution in [0, 0.1) is 5.92 Å². The molecule has 2 aliphatic rings. The maximum absolute atomic E-state index is 11.8. The van der Waals surface area contributed by atoms with Gasteiger partial charge in [-0.25, -0.2) is 0 Å². The monoisotopic (exact) mass is 282 g/mol. The van der Waals surface area contributed by atoms with Crippen LogP contribution < -0.4 is 15.2 Å². The van der Waals surface area contributed by atoms with Crippen molar-refractivity contribution >= 4 is 23.2 Å². The molecule has 2 amide bonds. The van der Waals surface area contributed by atoms with Crippen molar-refractivity contribution in [2.45, 2.75) is 13.0 Å². The maximum Gasteiger partial charge on any atom is 0.223 e. The van der Waals surface area contributed by atoms with E-state index in [9.17, 15) is 9.59 Å². The van der Waals surface area contributed by atoms with Crippen LogP contribution in [0.1, 0.15) is 11.3 Å². The van der Waals surface area contributed by atoms with Crippen LogP contribution in [0.2, 0.25) is 0 Å². The van der Waals surface area contributed by atoms with E-state index < -0.39 is 5.91 Å². The molecule has 6 nitrogen and oxygen atoms in total. The van der Waals surface area contributed by atoms with Crippen molar-refractivity contribution < 1.29 is 19.1 Å². The third-order valence-corrected chi connectivity index (χ3v) is 4.25. The lowest BCUT2D eigenvalue weighted by Crippen LogP contribution is -2.28. The number of thiophene rings is 1. The van der Waals surface area contributed by atoms with Crippen molar-refractivity contribution in [1.29, 1.82) is 0 Å². The molecule has 1 aromatic rings. The first-order valence-electron chi connectivity index (χ1n) is 6.08. The molecule has 102 valence electrons. The minimum Gasteiger partial charge on any atom is -0.485 e. The molecule has 1 aromatic heterocycles. The van der Waals surface area contributed by atoms with Crippen LogP contribution in [0.5, 0.6) is 11.5 Å². The summed E-state index contributed by atoms with van der Waals surface area (Å²) >= 11 is 1.50. The van der Waals surface area contributed by atoms with Gasteiger partial charge in [-0.1, -0.05) is 0 Å². The Balaban J connectivity index is 1.73. The topological polar surface area (TPSA) is 81.9 Å². The molecule has 0 bridgehead atoms. The Hall–Kier alpha value is -1.76. The Kier molecular flexibility index (Phi) is 3.06. The third kappa shape index (κ3) is 2.25. The zero-order chi connectivity index (χ0) is 13.4. The third-order valence-electron chi connectivity index (χ3n) is 3.32. The van der Waals surface area contributed by atoms with E-state index in [0.29, 0.717) is 26.3 Å². The molecule has 1 atom stereocenters. The number of carbonyl (C=O) groups is 2. The first-order chi connectivity index (χ1) is 9.15. The highest BCUT2D eigenvalue weighted by molar-refractivity contribution is 7.10. The van der Waals surface area contributed by atoms with Gasteiger partial charge in [-0.15, -0.1) is 11.3 Å². The number of hydrogen-bond donors (Lipinski definition) is 1. The van der Waals surface area contributed by atoms with Crippen molar-refractivity contribution in [1.82, 2.24) is 4.90 Å². The van der Waals surface area contributed by atoms with Crippen LogP contribution >= 0.6 is 11.3 Å². The fraction of sp³-hybridized carbons (Fsp3) is 0.500. The number of amides is 2. The van der Waals surface area contributed by atoms with E-state index in [2.05, 4.69) is 0 Å². The lowest BCUT2D eigenvalue weighted by Gasteiger charge is -2.19. The summed E-state index contributed by atoms with van der Waals surface area (Å²) in [5, 5.41) is 1.88. The van der Waals surface area contributed by atoms with Crippen LogP contribution in [0.4, 0.5) is 0 Å². The Labute approximate surface area is 114 Å². The van der Waals surface area contributed by atoms with Gasteiger partial charge in [0.2, 0.25) is 11.8 Å². The Bertz CT molecular complexity index is 528. The number of likely N-dealkylation sites (tertiary alicyclic amines) is 1. The molecule has 2 N–H and O–H groups in total. The lowest BCUT2D eigenvalue weighted by atomic mass is 10.1. The van der Waals surface area contributed by atoms with Crippen molar-refractivity contribution in [2.24, 2.45) is 11.7 Å². The second kappa shape index (κ2) is 4.73. The van der Waals surface area contributed by atoms with Gasteiger partial charge in [0, 0.05) is 18.3 Å². The molecule has 19 heavy (non-hydrogen) atoms. The van der Waals surface area contributed by atoms with Crippen LogP contribution in [0.25, 0.3) is 0 Å². The number of nitrogens with zero attached hydrogens (tertiary/aromatic N) is 1. The summed E-state index contributed by atoms with van der Waals surface area (Å²) in [6, 6.07) is 0. The Morgan fingerprint density at radius 2 is 2.26 bits per heavy atom. The first kappa shape index (κ1) is 12.3. The lowest BCUT2D eigenvalue weighted by molar-refractivity contribution is -0.128. The second-order valence-corrected chi connectivity index (χ2v) is 5.59. The van der Waals surface area contributed by atoms with Crippen molar-refractivity contribution in [3.63, 3.8) is 0 Å². The van der Waals surface area contributed by atoms with Gasteiger partial charge in [0.25, 0.3) is 0 Å². The van der Waals surface area contributed by atoms with Gasteiger partial charge in [-0.05, 0) is 0 Å². The van der Waals surface area contributed by atoms with Crippen molar-refractivity contribution in [3.8, 4) is 11.5 Å². The zero-order valence-electron chi connectivity index (χ0n) is 10.3. The molecule has 0 saturated carbocycles. The van der Waals surface area contributed by atoms with Gasteiger partial charge in [0.1, 0.15) is 13.2 Å². The zero-order valence-corrected chi connectivity index (χ0v) is 11.1. The van der Waals surface area contributed by atoms with E-state index in [1.54, 1.807) is 4.90 Å². The average Bonchev–Trinajstić information content (AvgIpc) is 2.96. The normalized spacial score (nSPS) is 21.8. The average molecular weight is 282 g/mol. The number of ether oxygens (including phenoxy) is 2. The summed E-state index contributed by atoms with van der Waals surface area (Å²) in [5.74, 6) is 0.641. The molecule has 0 aromatic carbocycles. The predicted octanol–water partition coefficient (Wildman–Crippen LogP) is 0.353. The van der Waals surface area contributed by atoms with Gasteiger partial charge in [-0.3, -0.25) is 9.59 Å². The molecule has 1 saturated heterocycles. The Morgan fingerprint density at radius 3 is 3.00 bits per heavy atom. The van der Waals surface area contributed by atoms with E-state index in [-0.39, 0.29) is 18.2 Å². The molecular formula is C12H14N2O4S. The highest BCUT2D eigenvalue weighted by atomic mass is 32.1. The minimum absolute atomic E-state index is 0.0392. The SMILES string of the molecule is NC(=O)C1CC(=O)N(Cc2scc3c2OCCO3)C1. The molecule has 2 aliphatic heterocycles. The smallest absolute Gasteiger partial charge is 0.223 e. The Morgan fingerprint density at radius 1 is 1.47 bits per heavy atom. The largest absolute Gasteiger partial charge is 0.485 e. The summed E-state index contributed by atoms with van der Waals surface area (Å²) in [7, 11) is 0. The quantitative estimate of drug-likeness (QED) is 0.867. The number of carbonyl (C=O) groups excluding carboxylic acids is 2. The maximum atomic E-state index is 11.8. The second-order valence-electron chi connectivity index (χ2n) is 4.63. The fourth-order valence-corrected chi connectivity index (χ4v) is 3.23. The summed E-state index contributed by atoms with van der Waals surface area (Å²) in [4.78, 5) is 25.6. The molecule has 1 fully saturated rings. The predicted molar refractivity (Wildman–Crippen MR) is 68.0 cm³/mol. The summed E-state index contributed by atoms with van der Waals surface area (Å²) < 4.78 is 11.0. The number of fused-ring (bicyclic) bond motifs is 1. The van der Waals surface area contributed by atoms with E-state index in [1.807, 2.05) is 5.38 Å². The number of rotatable bonds is 3. The molecule has 0 spiro atoms. The van der Waals surface area contributed by atoms with Crippen LogP contribution in [0.15, 0.2) is 5.38 Å². The fourth-order valence-electron chi connectivity index (χ4n) is 2.31. The summed E-state index contributed by atoms with van der Waals surface area (Å²) in [5.41, 5.74) is 5.25.